The Balaban J connectivity index is 2.06. The van der Waals surface area contributed by atoms with Crippen molar-refractivity contribution < 1.29 is 14.2 Å². The largest absolute Gasteiger partial charge is 0.493 e. The summed E-state index contributed by atoms with van der Waals surface area (Å²) in [4.78, 5) is 0. The summed E-state index contributed by atoms with van der Waals surface area (Å²) in [7, 11) is 3.29. The summed E-state index contributed by atoms with van der Waals surface area (Å²) in [6, 6.07) is 6.20. The predicted octanol–water partition coefficient (Wildman–Crippen LogP) is 1.50. The first-order chi connectivity index (χ1) is 9.78. The first kappa shape index (κ1) is 15.1. The van der Waals surface area contributed by atoms with Gasteiger partial charge in [0.05, 0.1) is 20.8 Å². The molecule has 1 heterocycles. The third-order valence-corrected chi connectivity index (χ3v) is 3.88. The number of hydrazine groups is 1. The third-order valence-electron chi connectivity index (χ3n) is 3.88. The Labute approximate surface area is 120 Å². The van der Waals surface area contributed by atoms with Crippen LogP contribution in [0.1, 0.15) is 18.4 Å². The van der Waals surface area contributed by atoms with E-state index in [2.05, 4.69) is 11.5 Å². The molecule has 1 aromatic carbocycles. The zero-order chi connectivity index (χ0) is 14.4. The van der Waals surface area contributed by atoms with E-state index in [1.807, 2.05) is 12.1 Å². The lowest BCUT2D eigenvalue weighted by Crippen LogP contribution is -2.45. The van der Waals surface area contributed by atoms with E-state index in [-0.39, 0.29) is 6.04 Å². The van der Waals surface area contributed by atoms with Crippen LogP contribution in [0.3, 0.4) is 0 Å². The number of ether oxygens (including phenoxy) is 3. The second kappa shape index (κ2) is 7.47. The second-order valence-electron chi connectivity index (χ2n) is 5.14. The van der Waals surface area contributed by atoms with E-state index in [1.54, 1.807) is 14.2 Å². The number of methoxy groups -OCH3 is 2. The van der Waals surface area contributed by atoms with Gasteiger partial charge in [-0.1, -0.05) is 6.07 Å². The first-order valence-corrected chi connectivity index (χ1v) is 7.03. The summed E-state index contributed by atoms with van der Waals surface area (Å²) >= 11 is 0. The van der Waals surface area contributed by atoms with Crippen molar-refractivity contribution in [3.63, 3.8) is 0 Å². The van der Waals surface area contributed by atoms with Crippen LogP contribution in [0.4, 0.5) is 0 Å². The Morgan fingerprint density at radius 1 is 1.35 bits per heavy atom. The van der Waals surface area contributed by atoms with Crippen molar-refractivity contribution in [2.75, 3.05) is 27.4 Å². The average molecular weight is 280 g/mol. The molecule has 5 heteroatoms. The highest BCUT2D eigenvalue weighted by Gasteiger charge is 2.23. The van der Waals surface area contributed by atoms with Gasteiger partial charge in [-0.2, -0.15) is 0 Å². The SMILES string of the molecule is COc1ccc(CC(NN)C2CCCOC2)cc1OC. The van der Waals surface area contributed by atoms with Gasteiger partial charge in [-0.15, -0.1) is 0 Å². The molecule has 1 saturated heterocycles. The van der Waals surface area contributed by atoms with E-state index in [1.165, 1.54) is 5.56 Å². The Morgan fingerprint density at radius 2 is 2.15 bits per heavy atom. The topological polar surface area (TPSA) is 65.7 Å². The molecule has 2 unspecified atom stereocenters. The van der Waals surface area contributed by atoms with Gasteiger partial charge in [0, 0.05) is 12.6 Å². The summed E-state index contributed by atoms with van der Waals surface area (Å²) in [6.07, 6.45) is 3.11. The van der Waals surface area contributed by atoms with Gasteiger partial charge in [-0.25, -0.2) is 0 Å². The van der Waals surface area contributed by atoms with Crippen molar-refractivity contribution in [3.05, 3.63) is 23.8 Å². The van der Waals surface area contributed by atoms with E-state index < -0.39 is 0 Å². The van der Waals surface area contributed by atoms with Gasteiger partial charge in [-0.3, -0.25) is 11.3 Å². The molecule has 0 bridgehead atoms. The van der Waals surface area contributed by atoms with Crippen molar-refractivity contribution in [1.29, 1.82) is 0 Å². The van der Waals surface area contributed by atoms with E-state index in [0.29, 0.717) is 5.92 Å². The fraction of sp³-hybridized carbons (Fsp3) is 0.600. The summed E-state index contributed by atoms with van der Waals surface area (Å²) in [6.45, 7) is 1.65. The Kier molecular flexibility index (Phi) is 5.64. The summed E-state index contributed by atoms with van der Waals surface area (Å²) in [5.74, 6) is 7.67. The van der Waals surface area contributed by atoms with Crippen LogP contribution in [0.25, 0.3) is 0 Å². The third kappa shape index (κ3) is 3.62. The van der Waals surface area contributed by atoms with Crippen LogP contribution in [0.15, 0.2) is 18.2 Å². The molecule has 0 saturated carbocycles. The lowest BCUT2D eigenvalue weighted by Gasteiger charge is -2.30. The molecular formula is C15H24N2O3. The van der Waals surface area contributed by atoms with Crippen molar-refractivity contribution in [3.8, 4) is 11.5 Å². The maximum absolute atomic E-state index is 5.72. The van der Waals surface area contributed by atoms with Gasteiger partial charge in [0.25, 0.3) is 0 Å². The molecule has 0 radical (unpaired) electrons. The summed E-state index contributed by atoms with van der Waals surface area (Å²) < 4.78 is 16.1. The van der Waals surface area contributed by atoms with Crippen molar-refractivity contribution in [2.45, 2.75) is 25.3 Å². The molecule has 2 atom stereocenters. The molecule has 0 aromatic heterocycles. The van der Waals surface area contributed by atoms with Gasteiger partial charge in [0.1, 0.15) is 0 Å². The minimum atomic E-state index is 0.216. The molecule has 1 fully saturated rings. The van der Waals surface area contributed by atoms with Gasteiger partial charge in [0.2, 0.25) is 0 Å². The van der Waals surface area contributed by atoms with E-state index in [4.69, 9.17) is 20.1 Å². The van der Waals surface area contributed by atoms with Crippen molar-refractivity contribution >= 4 is 0 Å². The van der Waals surface area contributed by atoms with Gasteiger partial charge in [-0.05, 0) is 42.9 Å². The Hall–Kier alpha value is -1.30. The lowest BCUT2D eigenvalue weighted by atomic mass is 9.89. The standard InChI is InChI=1S/C15H24N2O3/c1-18-14-6-5-11(9-15(14)19-2)8-13(17-16)12-4-3-7-20-10-12/h5-6,9,12-13,17H,3-4,7-8,10,16H2,1-2H3. The molecule has 2 rings (SSSR count). The average Bonchev–Trinajstić information content (AvgIpc) is 2.53. The van der Waals surface area contributed by atoms with Crippen LogP contribution < -0.4 is 20.7 Å². The number of benzene rings is 1. The summed E-state index contributed by atoms with van der Waals surface area (Å²) in [5.41, 5.74) is 4.11. The molecule has 1 aromatic rings. The van der Waals surface area contributed by atoms with Gasteiger partial charge >= 0.3 is 0 Å². The van der Waals surface area contributed by atoms with Crippen LogP contribution in [-0.2, 0) is 11.2 Å². The number of nitrogens with one attached hydrogen (secondary N) is 1. The maximum atomic E-state index is 5.72. The monoisotopic (exact) mass is 280 g/mol. The zero-order valence-electron chi connectivity index (χ0n) is 12.2. The normalized spacial score (nSPS) is 20.4. The number of rotatable bonds is 6. The van der Waals surface area contributed by atoms with Crippen LogP contribution in [0, 0.1) is 5.92 Å². The molecule has 20 heavy (non-hydrogen) atoms. The van der Waals surface area contributed by atoms with Crippen LogP contribution in [0.2, 0.25) is 0 Å². The molecule has 1 aliphatic rings. The molecule has 5 nitrogen and oxygen atoms in total. The quantitative estimate of drug-likeness (QED) is 0.611. The molecule has 0 aliphatic carbocycles. The second-order valence-corrected chi connectivity index (χ2v) is 5.14. The molecular weight excluding hydrogens is 256 g/mol. The highest BCUT2D eigenvalue weighted by Crippen LogP contribution is 2.29. The molecule has 112 valence electrons. The van der Waals surface area contributed by atoms with Crippen LogP contribution in [-0.4, -0.2) is 33.5 Å². The number of hydrogen-bond acceptors (Lipinski definition) is 5. The van der Waals surface area contributed by atoms with E-state index >= 15 is 0 Å². The highest BCUT2D eigenvalue weighted by atomic mass is 16.5. The predicted molar refractivity (Wildman–Crippen MR) is 77.9 cm³/mol. The minimum absolute atomic E-state index is 0.216. The van der Waals surface area contributed by atoms with E-state index in [0.717, 1.165) is 44.0 Å². The number of hydrogen-bond donors (Lipinski definition) is 2. The smallest absolute Gasteiger partial charge is 0.160 e. The molecule has 3 N–H and O–H groups in total. The van der Waals surface area contributed by atoms with Crippen molar-refractivity contribution in [2.24, 2.45) is 11.8 Å². The van der Waals surface area contributed by atoms with Crippen LogP contribution >= 0.6 is 0 Å². The maximum Gasteiger partial charge on any atom is 0.160 e. The van der Waals surface area contributed by atoms with Gasteiger partial charge < -0.3 is 14.2 Å². The minimum Gasteiger partial charge on any atom is -0.493 e. The van der Waals surface area contributed by atoms with E-state index in [9.17, 15) is 0 Å². The van der Waals surface area contributed by atoms with Crippen LogP contribution in [0.5, 0.6) is 11.5 Å². The highest BCUT2D eigenvalue weighted by molar-refractivity contribution is 5.43. The number of nitrogens with two attached hydrogens (primary N) is 1. The van der Waals surface area contributed by atoms with Gasteiger partial charge in [0.15, 0.2) is 11.5 Å². The lowest BCUT2D eigenvalue weighted by molar-refractivity contribution is 0.0393. The fourth-order valence-corrected chi connectivity index (χ4v) is 2.71. The molecule has 0 amide bonds. The van der Waals surface area contributed by atoms with Crippen molar-refractivity contribution in [1.82, 2.24) is 5.43 Å². The fourth-order valence-electron chi connectivity index (χ4n) is 2.71. The molecule has 1 aliphatic heterocycles. The summed E-state index contributed by atoms with van der Waals surface area (Å²) in [5, 5.41) is 0. The zero-order valence-corrected chi connectivity index (χ0v) is 12.2. The first-order valence-electron chi connectivity index (χ1n) is 7.03. The Morgan fingerprint density at radius 3 is 2.75 bits per heavy atom. The Bertz CT molecular complexity index is 420. The molecule has 0 spiro atoms.